The van der Waals surface area contributed by atoms with Crippen molar-refractivity contribution in [3.05, 3.63) is 32.1 Å². The van der Waals surface area contributed by atoms with E-state index in [-0.39, 0.29) is 11.7 Å². The van der Waals surface area contributed by atoms with Crippen molar-refractivity contribution in [1.82, 2.24) is 5.32 Å². The Kier molecular flexibility index (Phi) is 3.77. The van der Waals surface area contributed by atoms with Crippen molar-refractivity contribution in [3.8, 4) is 5.75 Å². The Morgan fingerprint density at radius 1 is 1.53 bits per heavy atom. The van der Waals surface area contributed by atoms with Crippen LogP contribution in [0.2, 0.25) is 5.02 Å². The summed E-state index contributed by atoms with van der Waals surface area (Å²) in [6, 6.07) is 3.15. The zero-order chi connectivity index (χ0) is 12.6. The second-order valence-electron chi connectivity index (χ2n) is 3.18. The number of benzene rings is 1. The summed E-state index contributed by atoms with van der Waals surface area (Å²) in [6.07, 6.45) is 1.55. The van der Waals surface area contributed by atoms with Crippen molar-refractivity contribution in [2.45, 2.75) is 0 Å². The molecule has 0 unspecified atom stereocenters. The van der Waals surface area contributed by atoms with E-state index in [4.69, 9.17) is 23.8 Å². The van der Waals surface area contributed by atoms with Gasteiger partial charge >= 0.3 is 0 Å². The minimum atomic E-state index is -0.268. The Bertz CT molecular complexity index is 559. The number of carbonyl (C=O) groups is 1. The molecule has 1 aromatic rings. The van der Waals surface area contributed by atoms with Crippen LogP contribution < -0.4 is 5.32 Å². The second-order valence-corrected chi connectivity index (χ2v) is 6.19. The first-order chi connectivity index (χ1) is 7.97. The quantitative estimate of drug-likeness (QED) is 0.603. The van der Waals surface area contributed by atoms with E-state index < -0.39 is 0 Å². The molecule has 3 nitrogen and oxygen atoms in total. The number of rotatable bonds is 1. The number of thiocarbonyl (C=S) groups is 1. The Hall–Kier alpha value is -0.560. The standard InChI is InChI=1S/C10H5BrClNO2S2/c11-6-3-5(12)1-4(8(6)14)2-7-9(15)13-10(16)17-7/h1-3,14H,(H,13,15,16)/b7-2-. The van der Waals surface area contributed by atoms with Crippen LogP contribution >= 0.6 is 51.5 Å². The highest BCUT2D eigenvalue weighted by Crippen LogP contribution is 2.35. The van der Waals surface area contributed by atoms with Crippen LogP contribution in [-0.4, -0.2) is 15.3 Å². The molecule has 0 spiro atoms. The first-order valence-corrected chi connectivity index (χ1v) is 6.80. The van der Waals surface area contributed by atoms with E-state index in [0.717, 1.165) is 11.8 Å². The van der Waals surface area contributed by atoms with Crippen molar-refractivity contribution in [2.75, 3.05) is 0 Å². The van der Waals surface area contributed by atoms with Gasteiger partial charge in [-0.15, -0.1) is 0 Å². The number of hydrogen-bond donors (Lipinski definition) is 2. The first kappa shape index (κ1) is 12.9. The summed E-state index contributed by atoms with van der Waals surface area (Å²) in [5.41, 5.74) is 0.465. The van der Waals surface area contributed by atoms with Crippen LogP contribution in [0.4, 0.5) is 0 Å². The lowest BCUT2D eigenvalue weighted by molar-refractivity contribution is -0.115. The lowest BCUT2D eigenvalue weighted by Gasteiger charge is -2.03. The molecule has 2 rings (SSSR count). The Morgan fingerprint density at radius 3 is 2.82 bits per heavy atom. The fraction of sp³-hybridized carbons (Fsp3) is 0. The van der Waals surface area contributed by atoms with E-state index in [2.05, 4.69) is 21.2 Å². The molecule has 0 aromatic heterocycles. The molecule has 1 aromatic carbocycles. The summed E-state index contributed by atoms with van der Waals surface area (Å²) < 4.78 is 0.879. The molecular formula is C10H5BrClNO2S2. The lowest BCUT2D eigenvalue weighted by atomic mass is 10.2. The van der Waals surface area contributed by atoms with Gasteiger partial charge in [-0.3, -0.25) is 4.79 Å². The minimum Gasteiger partial charge on any atom is -0.506 e. The van der Waals surface area contributed by atoms with Crippen LogP contribution in [0.25, 0.3) is 6.08 Å². The maximum Gasteiger partial charge on any atom is 0.263 e. The monoisotopic (exact) mass is 349 g/mol. The number of hydrogen-bond acceptors (Lipinski definition) is 4. The van der Waals surface area contributed by atoms with E-state index >= 15 is 0 Å². The summed E-state index contributed by atoms with van der Waals surface area (Å²) in [7, 11) is 0. The minimum absolute atomic E-state index is 0.0353. The normalized spacial score (nSPS) is 17.6. The molecule has 0 saturated carbocycles. The molecule has 0 aliphatic carbocycles. The number of aromatic hydroxyl groups is 1. The number of thioether (sulfide) groups is 1. The van der Waals surface area contributed by atoms with E-state index in [9.17, 15) is 9.90 Å². The van der Waals surface area contributed by atoms with E-state index in [0.29, 0.717) is 24.3 Å². The summed E-state index contributed by atoms with van der Waals surface area (Å²) >= 11 is 15.1. The summed E-state index contributed by atoms with van der Waals surface area (Å²) in [5.74, 6) is -0.233. The van der Waals surface area contributed by atoms with Gasteiger partial charge in [0.2, 0.25) is 0 Å². The number of amides is 1. The topological polar surface area (TPSA) is 49.3 Å². The van der Waals surface area contributed by atoms with Gasteiger partial charge in [-0.2, -0.15) is 0 Å². The maximum atomic E-state index is 11.5. The lowest BCUT2D eigenvalue weighted by Crippen LogP contribution is -2.17. The van der Waals surface area contributed by atoms with Gasteiger partial charge < -0.3 is 10.4 Å². The van der Waals surface area contributed by atoms with Gasteiger partial charge in [-0.25, -0.2) is 0 Å². The SMILES string of the molecule is O=C1NC(=S)S/C1=C\c1cc(Cl)cc(Br)c1O. The van der Waals surface area contributed by atoms with Crippen LogP contribution in [0.15, 0.2) is 21.5 Å². The first-order valence-electron chi connectivity index (χ1n) is 4.40. The molecule has 1 saturated heterocycles. The average Bonchev–Trinajstić information content (AvgIpc) is 2.53. The van der Waals surface area contributed by atoms with Gasteiger partial charge in [-0.1, -0.05) is 35.6 Å². The van der Waals surface area contributed by atoms with E-state index in [1.54, 1.807) is 18.2 Å². The van der Waals surface area contributed by atoms with Crippen molar-refractivity contribution in [3.63, 3.8) is 0 Å². The molecule has 1 aliphatic rings. The molecule has 88 valence electrons. The zero-order valence-corrected chi connectivity index (χ0v) is 12.1. The van der Waals surface area contributed by atoms with Gasteiger partial charge in [0.15, 0.2) is 0 Å². The Labute approximate surface area is 120 Å². The fourth-order valence-corrected chi connectivity index (χ4v) is 3.13. The highest BCUT2D eigenvalue weighted by Gasteiger charge is 2.22. The van der Waals surface area contributed by atoms with Crippen LogP contribution in [0, 0.1) is 0 Å². The molecular weight excluding hydrogens is 346 g/mol. The van der Waals surface area contributed by atoms with Crippen molar-refractivity contribution < 1.29 is 9.90 Å². The molecule has 1 heterocycles. The number of phenols is 1. The maximum absolute atomic E-state index is 11.5. The molecule has 0 atom stereocenters. The van der Waals surface area contributed by atoms with E-state index in [1.165, 1.54) is 0 Å². The van der Waals surface area contributed by atoms with Gasteiger partial charge in [0.05, 0.1) is 9.38 Å². The van der Waals surface area contributed by atoms with Gasteiger partial charge in [0.1, 0.15) is 10.1 Å². The van der Waals surface area contributed by atoms with Gasteiger partial charge in [-0.05, 0) is 34.1 Å². The number of nitrogens with one attached hydrogen (secondary N) is 1. The number of halogens is 2. The molecule has 0 bridgehead atoms. The summed E-state index contributed by atoms with van der Waals surface area (Å²) in [5, 5.41) is 12.8. The zero-order valence-electron chi connectivity index (χ0n) is 8.16. The highest BCUT2D eigenvalue weighted by atomic mass is 79.9. The molecule has 0 radical (unpaired) electrons. The predicted molar refractivity (Wildman–Crippen MR) is 77.1 cm³/mol. The molecule has 1 amide bonds. The molecule has 1 fully saturated rings. The van der Waals surface area contributed by atoms with Crippen molar-refractivity contribution in [1.29, 1.82) is 0 Å². The largest absolute Gasteiger partial charge is 0.506 e. The molecule has 2 N–H and O–H groups in total. The number of carbonyl (C=O) groups excluding carboxylic acids is 1. The fourth-order valence-electron chi connectivity index (χ4n) is 1.26. The Morgan fingerprint density at radius 2 is 2.24 bits per heavy atom. The summed E-state index contributed by atoms with van der Waals surface area (Å²) in [4.78, 5) is 11.9. The predicted octanol–water partition coefficient (Wildman–Crippen LogP) is 3.30. The highest BCUT2D eigenvalue weighted by molar-refractivity contribution is 9.10. The smallest absolute Gasteiger partial charge is 0.263 e. The van der Waals surface area contributed by atoms with Crippen molar-refractivity contribution >= 4 is 67.8 Å². The molecule has 7 heteroatoms. The second kappa shape index (κ2) is 4.97. The Balaban J connectivity index is 2.46. The molecule has 1 aliphatic heterocycles. The van der Waals surface area contributed by atoms with Crippen molar-refractivity contribution in [2.24, 2.45) is 0 Å². The van der Waals surface area contributed by atoms with Gasteiger partial charge in [0, 0.05) is 10.6 Å². The third-order valence-corrected chi connectivity index (χ3v) is 3.97. The van der Waals surface area contributed by atoms with Crippen LogP contribution in [0.5, 0.6) is 5.75 Å². The van der Waals surface area contributed by atoms with Crippen LogP contribution in [-0.2, 0) is 4.79 Å². The average molecular weight is 351 g/mol. The third-order valence-electron chi connectivity index (χ3n) is 1.99. The third kappa shape index (κ3) is 2.82. The summed E-state index contributed by atoms with van der Waals surface area (Å²) in [6.45, 7) is 0. The number of phenolic OH excluding ortho intramolecular Hbond substituents is 1. The van der Waals surface area contributed by atoms with E-state index in [1.807, 2.05) is 0 Å². The van der Waals surface area contributed by atoms with Crippen LogP contribution in [0.1, 0.15) is 5.56 Å². The molecule has 17 heavy (non-hydrogen) atoms. The van der Waals surface area contributed by atoms with Crippen LogP contribution in [0.3, 0.4) is 0 Å². The van der Waals surface area contributed by atoms with Gasteiger partial charge in [0.25, 0.3) is 5.91 Å².